The van der Waals surface area contributed by atoms with Crippen molar-refractivity contribution in [2.45, 2.75) is 38.9 Å². The molecule has 0 saturated carbocycles. The van der Waals surface area contributed by atoms with Crippen molar-refractivity contribution >= 4 is 10.1 Å². The van der Waals surface area contributed by atoms with E-state index in [1.165, 1.54) is 5.57 Å². The highest BCUT2D eigenvalue weighted by Crippen LogP contribution is 2.14. The summed E-state index contributed by atoms with van der Waals surface area (Å²) in [6, 6.07) is 0. The third-order valence-electron chi connectivity index (χ3n) is 2.79. The van der Waals surface area contributed by atoms with Crippen molar-refractivity contribution in [2.24, 2.45) is 0 Å². The summed E-state index contributed by atoms with van der Waals surface area (Å²) in [5.74, 6) is 0. The Bertz CT molecular complexity index is 419. The molecule has 0 aromatic carbocycles. The number of rotatable bonds is 9. The first-order valence-corrected chi connectivity index (χ1v) is 8.69. The summed E-state index contributed by atoms with van der Waals surface area (Å²) in [7, 11) is -3.31. The molecule has 0 amide bonds. The van der Waals surface area contributed by atoms with Crippen LogP contribution in [0.15, 0.2) is 23.8 Å². The van der Waals surface area contributed by atoms with Crippen LogP contribution in [-0.2, 0) is 23.8 Å². The van der Waals surface area contributed by atoms with Gasteiger partial charge >= 0.3 is 0 Å². The minimum Gasteiger partial charge on any atom is -0.350 e. The molecule has 116 valence electrons. The van der Waals surface area contributed by atoms with Gasteiger partial charge in [0.05, 0.1) is 26.1 Å². The fourth-order valence-corrected chi connectivity index (χ4v) is 2.16. The molecule has 0 unspecified atom stereocenters. The van der Waals surface area contributed by atoms with Gasteiger partial charge in [0.25, 0.3) is 10.1 Å². The van der Waals surface area contributed by atoms with Crippen LogP contribution in [0.4, 0.5) is 0 Å². The Labute approximate surface area is 121 Å². The first kappa shape index (κ1) is 17.4. The Kier molecular flexibility index (Phi) is 8.06. The fourth-order valence-electron chi connectivity index (χ4n) is 1.74. The molecule has 0 aromatic heterocycles. The maximum Gasteiger partial charge on any atom is 0.264 e. The van der Waals surface area contributed by atoms with E-state index in [4.69, 9.17) is 9.47 Å². The van der Waals surface area contributed by atoms with Crippen molar-refractivity contribution in [3.8, 4) is 0 Å². The van der Waals surface area contributed by atoms with Gasteiger partial charge in [-0.25, -0.2) is 0 Å². The highest BCUT2D eigenvalue weighted by Gasteiger charge is 2.14. The zero-order valence-corrected chi connectivity index (χ0v) is 13.0. The molecular formula is C14H24O5S. The zero-order chi connectivity index (χ0) is 14.8. The molecule has 0 aliphatic carbocycles. The van der Waals surface area contributed by atoms with E-state index >= 15 is 0 Å². The minimum atomic E-state index is -3.31. The normalized spacial score (nSPS) is 18.2. The number of hydrogen-bond donors (Lipinski definition) is 0. The van der Waals surface area contributed by atoms with Gasteiger partial charge in [0.15, 0.2) is 6.29 Å². The SMILES string of the molecule is C/C(=C\C=C\CCCOS(C)(=O)=O)CCC1OCCO1. The van der Waals surface area contributed by atoms with Gasteiger partial charge in [0.2, 0.25) is 0 Å². The van der Waals surface area contributed by atoms with Crippen molar-refractivity contribution in [1.82, 2.24) is 0 Å². The van der Waals surface area contributed by atoms with Gasteiger partial charge in [-0.15, -0.1) is 0 Å². The molecule has 1 fully saturated rings. The molecule has 1 aliphatic rings. The van der Waals surface area contributed by atoms with Gasteiger partial charge < -0.3 is 9.47 Å². The number of allylic oxidation sites excluding steroid dienone is 4. The molecule has 1 rings (SSSR count). The lowest BCUT2D eigenvalue weighted by Gasteiger charge is -2.07. The van der Waals surface area contributed by atoms with E-state index in [1.807, 2.05) is 12.2 Å². The average Bonchev–Trinajstić information content (AvgIpc) is 2.87. The minimum absolute atomic E-state index is 0.0459. The van der Waals surface area contributed by atoms with Crippen LogP contribution < -0.4 is 0 Å². The van der Waals surface area contributed by atoms with E-state index < -0.39 is 10.1 Å². The molecule has 20 heavy (non-hydrogen) atoms. The Morgan fingerprint density at radius 3 is 2.70 bits per heavy atom. The molecule has 0 spiro atoms. The van der Waals surface area contributed by atoms with Crippen LogP contribution in [-0.4, -0.2) is 40.8 Å². The molecule has 0 bridgehead atoms. The van der Waals surface area contributed by atoms with Gasteiger partial charge in [-0.05, 0) is 26.2 Å². The second kappa shape index (κ2) is 9.28. The quantitative estimate of drug-likeness (QED) is 0.372. The Hall–Kier alpha value is -0.690. The summed E-state index contributed by atoms with van der Waals surface area (Å²) in [6.45, 7) is 3.71. The molecule has 1 saturated heterocycles. The smallest absolute Gasteiger partial charge is 0.264 e. The summed E-state index contributed by atoms with van der Waals surface area (Å²) in [6.07, 6.45) is 10.4. The van der Waals surface area contributed by atoms with Gasteiger partial charge in [0.1, 0.15) is 0 Å². The number of ether oxygens (including phenoxy) is 2. The maximum atomic E-state index is 10.7. The van der Waals surface area contributed by atoms with Crippen LogP contribution in [0.25, 0.3) is 0 Å². The Morgan fingerprint density at radius 1 is 1.35 bits per heavy atom. The summed E-state index contributed by atoms with van der Waals surface area (Å²) in [4.78, 5) is 0. The van der Waals surface area contributed by atoms with Crippen molar-refractivity contribution in [2.75, 3.05) is 26.1 Å². The largest absolute Gasteiger partial charge is 0.350 e. The number of hydrogen-bond acceptors (Lipinski definition) is 5. The average molecular weight is 304 g/mol. The van der Waals surface area contributed by atoms with Gasteiger partial charge in [0, 0.05) is 6.42 Å². The summed E-state index contributed by atoms with van der Waals surface area (Å²) in [5, 5.41) is 0. The predicted octanol–water partition coefficient (Wildman–Crippen LogP) is 2.40. The molecule has 1 heterocycles. The van der Waals surface area contributed by atoms with Crippen LogP contribution >= 0.6 is 0 Å². The standard InChI is InChI=1S/C14H24O5S/c1-13(8-9-14-17-11-12-18-14)7-5-3-4-6-10-19-20(2,15)16/h3,5,7,14H,4,6,8-12H2,1-2H3/b5-3+,13-7+. The van der Waals surface area contributed by atoms with E-state index in [0.29, 0.717) is 19.6 Å². The Morgan fingerprint density at radius 2 is 2.05 bits per heavy atom. The van der Waals surface area contributed by atoms with E-state index in [9.17, 15) is 8.42 Å². The fraction of sp³-hybridized carbons (Fsp3) is 0.714. The first-order valence-electron chi connectivity index (χ1n) is 6.87. The van der Waals surface area contributed by atoms with E-state index in [2.05, 4.69) is 17.2 Å². The lowest BCUT2D eigenvalue weighted by molar-refractivity contribution is -0.0461. The van der Waals surface area contributed by atoms with E-state index in [-0.39, 0.29) is 12.9 Å². The first-order chi connectivity index (χ1) is 9.47. The molecule has 0 aromatic rings. The van der Waals surface area contributed by atoms with E-state index in [0.717, 1.165) is 25.5 Å². The van der Waals surface area contributed by atoms with Gasteiger partial charge in [-0.2, -0.15) is 8.42 Å². The van der Waals surface area contributed by atoms with Crippen molar-refractivity contribution < 1.29 is 22.1 Å². The molecular weight excluding hydrogens is 280 g/mol. The van der Waals surface area contributed by atoms with Crippen molar-refractivity contribution in [1.29, 1.82) is 0 Å². The molecule has 1 aliphatic heterocycles. The third-order valence-corrected chi connectivity index (χ3v) is 3.39. The van der Waals surface area contributed by atoms with Gasteiger partial charge in [-0.3, -0.25) is 4.18 Å². The van der Waals surface area contributed by atoms with Crippen LogP contribution in [0.5, 0.6) is 0 Å². The Balaban J connectivity index is 2.07. The van der Waals surface area contributed by atoms with E-state index in [1.54, 1.807) is 0 Å². The monoisotopic (exact) mass is 304 g/mol. The zero-order valence-electron chi connectivity index (χ0n) is 12.2. The van der Waals surface area contributed by atoms with Crippen LogP contribution in [0.2, 0.25) is 0 Å². The summed E-state index contributed by atoms with van der Waals surface area (Å²) < 4.78 is 36.8. The summed E-state index contributed by atoms with van der Waals surface area (Å²) >= 11 is 0. The lowest BCUT2D eigenvalue weighted by Crippen LogP contribution is -2.06. The van der Waals surface area contributed by atoms with Gasteiger partial charge in [-0.1, -0.05) is 23.8 Å². The van der Waals surface area contributed by atoms with Crippen LogP contribution in [0, 0.1) is 0 Å². The van der Waals surface area contributed by atoms with Crippen molar-refractivity contribution in [3.05, 3.63) is 23.8 Å². The molecule has 0 atom stereocenters. The highest BCUT2D eigenvalue weighted by atomic mass is 32.2. The van der Waals surface area contributed by atoms with Crippen molar-refractivity contribution in [3.63, 3.8) is 0 Å². The maximum absolute atomic E-state index is 10.7. The van der Waals surface area contributed by atoms with Crippen LogP contribution in [0.1, 0.15) is 32.6 Å². The predicted molar refractivity (Wildman–Crippen MR) is 77.9 cm³/mol. The lowest BCUT2D eigenvalue weighted by atomic mass is 10.1. The highest BCUT2D eigenvalue weighted by molar-refractivity contribution is 7.85. The van der Waals surface area contributed by atoms with Crippen LogP contribution in [0.3, 0.4) is 0 Å². The molecule has 6 heteroatoms. The molecule has 5 nitrogen and oxygen atoms in total. The third kappa shape index (κ3) is 9.25. The number of unbranched alkanes of at least 4 members (excludes halogenated alkanes) is 1. The molecule has 0 N–H and O–H groups in total. The second-order valence-corrected chi connectivity index (χ2v) is 6.46. The topological polar surface area (TPSA) is 61.8 Å². The molecule has 0 radical (unpaired) electrons. The second-order valence-electron chi connectivity index (χ2n) is 4.82. The summed E-state index contributed by atoms with van der Waals surface area (Å²) in [5.41, 5.74) is 1.27.